The van der Waals surface area contributed by atoms with E-state index in [9.17, 15) is 8.42 Å². The van der Waals surface area contributed by atoms with Crippen LogP contribution < -0.4 is 29.9 Å². The van der Waals surface area contributed by atoms with Crippen LogP contribution in [0.25, 0.3) is 0 Å². The molecular weight excluding hydrogens is 396 g/mol. The van der Waals surface area contributed by atoms with Crippen molar-refractivity contribution >= 4 is 16.2 Å². The molecular formula is C19H24N4O5S. The second kappa shape index (κ2) is 9.12. The van der Waals surface area contributed by atoms with Gasteiger partial charge in [-0.2, -0.15) is 13.5 Å². The third-order valence-corrected chi connectivity index (χ3v) is 5.84. The maximum atomic E-state index is 12.4. The van der Waals surface area contributed by atoms with E-state index in [2.05, 4.69) is 20.8 Å². The van der Waals surface area contributed by atoms with Crippen molar-refractivity contribution in [3.05, 3.63) is 48.0 Å². The zero-order valence-electron chi connectivity index (χ0n) is 16.4. The molecule has 10 heteroatoms. The smallest absolute Gasteiger partial charge is 0.276 e. The molecule has 2 aromatic carbocycles. The van der Waals surface area contributed by atoms with Crippen LogP contribution in [0.5, 0.6) is 17.2 Å². The molecule has 0 bridgehead atoms. The average Bonchev–Trinajstić information content (AvgIpc) is 3.21. The number of hydrazine groups is 1. The van der Waals surface area contributed by atoms with E-state index in [0.29, 0.717) is 23.8 Å². The number of nitrogens with zero attached hydrogens (tertiary/aromatic N) is 1. The van der Waals surface area contributed by atoms with Gasteiger partial charge < -0.3 is 14.2 Å². The molecule has 0 aliphatic carbocycles. The van der Waals surface area contributed by atoms with Crippen LogP contribution in [0.1, 0.15) is 11.6 Å². The number of ether oxygens (including phenoxy) is 3. The normalized spacial score (nSPS) is 19.3. The summed E-state index contributed by atoms with van der Waals surface area (Å²) in [6.45, 7) is 0.590. The first-order valence-electron chi connectivity index (χ1n) is 8.88. The molecule has 1 aliphatic rings. The van der Waals surface area contributed by atoms with Crippen molar-refractivity contribution in [1.29, 1.82) is 0 Å². The fourth-order valence-corrected chi connectivity index (χ4v) is 3.83. The first-order valence-corrected chi connectivity index (χ1v) is 10.4. The fraction of sp³-hybridized carbons (Fsp3) is 0.316. The molecule has 1 saturated heterocycles. The minimum atomic E-state index is -3.76. The average molecular weight is 420 g/mol. The number of hydrogen-bond donors (Lipinski definition) is 3. The molecule has 2 unspecified atom stereocenters. The Morgan fingerprint density at radius 1 is 1.03 bits per heavy atom. The van der Waals surface area contributed by atoms with E-state index in [0.717, 1.165) is 5.56 Å². The Balaban J connectivity index is 1.71. The van der Waals surface area contributed by atoms with Gasteiger partial charge in [0.1, 0.15) is 5.75 Å². The van der Waals surface area contributed by atoms with Crippen molar-refractivity contribution in [3.8, 4) is 17.2 Å². The summed E-state index contributed by atoms with van der Waals surface area (Å²) in [5.41, 5.74) is 7.21. The van der Waals surface area contributed by atoms with Crippen molar-refractivity contribution in [2.75, 3.05) is 27.9 Å². The zero-order valence-corrected chi connectivity index (χ0v) is 17.2. The molecule has 1 fully saturated rings. The van der Waals surface area contributed by atoms with Crippen molar-refractivity contribution in [2.24, 2.45) is 11.0 Å². The van der Waals surface area contributed by atoms with Crippen LogP contribution in [0.2, 0.25) is 0 Å². The van der Waals surface area contributed by atoms with E-state index >= 15 is 0 Å². The van der Waals surface area contributed by atoms with E-state index in [1.165, 1.54) is 19.2 Å². The second-order valence-electron chi connectivity index (χ2n) is 6.33. The van der Waals surface area contributed by atoms with Gasteiger partial charge in [0.15, 0.2) is 11.5 Å². The lowest BCUT2D eigenvalue weighted by Gasteiger charge is -2.17. The van der Waals surface area contributed by atoms with Gasteiger partial charge in [0, 0.05) is 18.7 Å². The lowest BCUT2D eigenvalue weighted by Crippen LogP contribution is -2.25. The highest BCUT2D eigenvalue weighted by Crippen LogP contribution is 2.32. The topological polar surface area (TPSA) is 110 Å². The van der Waals surface area contributed by atoms with Gasteiger partial charge in [0.05, 0.1) is 32.3 Å². The molecule has 0 radical (unpaired) electrons. The van der Waals surface area contributed by atoms with Crippen molar-refractivity contribution in [2.45, 2.75) is 10.9 Å². The number of methoxy groups -OCH3 is 3. The lowest BCUT2D eigenvalue weighted by molar-refractivity contribution is 0.353. The molecule has 9 nitrogen and oxygen atoms in total. The molecule has 1 aliphatic heterocycles. The van der Waals surface area contributed by atoms with Crippen molar-refractivity contribution in [1.82, 2.24) is 15.7 Å². The van der Waals surface area contributed by atoms with E-state index in [4.69, 9.17) is 14.2 Å². The van der Waals surface area contributed by atoms with Crippen LogP contribution >= 0.6 is 0 Å². The van der Waals surface area contributed by atoms with Gasteiger partial charge in [-0.25, -0.2) is 10.3 Å². The van der Waals surface area contributed by atoms with Gasteiger partial charge in [-0.3, -0.25) is 5.43 Å². The maximum Gasteiger partial charge on any atom is 0.276 e. The molecule has 2 aromatic rings. The van der Waals surface area contributed by atoms with E-state index in [-0.39, 0.29) is 16.9 Å². The minimum Gasteiger partial charge on any atom is -0.497 e. The summed E-state index contributed by atoms with van der Waals surface area (Å²) in [6.07, 6.45) is 1.58. The Morgan fingerprint density at radius 2 is 1.76 bits per heavy atom. The first kappa shape index (κ1) is 20.9. The third kappa shape index (κ3) is 4.78. The van der Waals surface area contributed by atoms with E-state index in [1.54, 1.807) is 32.6 Å². The molecule has 29 heavy (non-hydrogen) atoms. The first-order chi connectivity index (χ1) is 14.0. The molecule has 0 saturated carbocycles. The lowest BCUT2D eigenvalue weighted by atomic mass is 9.95. The maximum absolute atomic E-state index is 12.4. The Bertz CT molecular complexity index is 963. The summed E-state index contributed by atoms with van der Waals surface area (Å²) in [4.78, 5) is 2.36. The fourth-order valence-electron chi connectivity index (χ4n) is 3.03. The highest BCUT2D eigenvalue weighted by atomic mass is 32.2. The Hall–Kier alpha value is -2.82. The third-order valence-electron chi connectivity index (χ3n) is 4.60. The quantitative estimate of drug-likeness (QED) is 0.438. The number of sulfonamides is 1. The largest absolute Gasteiger partial charge is 0.497 e. The predicted molar refractivity (Wildman–Crippen MR) is 109 cm³/mol. The number of benzene rings is 2. The summed E-state index contributed by atoms with van der Waals surface area (Å²) in [5.74, 6) is 1.76. The van der Waals surface area contributed by atoms with E-state index in [1.807, 2.05) is 18.2 Å². The second-order valence-corrected chi connectivity index (χ2v) is 7.99. The predicted octanol–water partition coefficient (Wildman–Crippen LogP) is 1.44. The standard InChI is InChI=1S/C19H24N4O5S/c1-26-15-5-7-16(8-6-15)29(24,25)23-21-12-14-11-20-22-19(14)13-4-9-17(27-2)18(10-13)28-3/h4-10,12,14,19-20,22-23H,11H2,1-3H3/b21-12-. The van der Waals surface area contributed by atoms with Gasteiger partial charge >= 0.3 is 0 Å². The number of nitrogens with one attached hydrogen (secondary N) is 3. The summed E-state index contributed by atoms with van der Waals surface area (Å²) in [7, 11) is 0.918. The molecule has 1 heterocycles. The van der Waals surface area contributed by atoms with Crippen LogP contribution in [0.15, 0.2) is 52.5 Å². The Labute approximate surface area is 170 Å². The highest BCUT2D eigenvalue weighted by Gasteiger charge is 2.28. The number of rotatable bonds is 8. The van der Waals surface area contributed by atoms with Crippen molar-refractivity contribution in [3.63, 3.8) is 0 Å². The van der Waals surface area contributed by atoms with E-state index < -0.39 is 10.0 Å². The number of hydrazone groups is 1. The van der Waals surface area contributed by atoms with Gasteiger partial charge in [0.25, 0.3) is 10.0 Å². The molecule has 3 rings (SSSR count). The molecule has 3 N–H and O–H groups in total. The molecule has 0 aromatic heterocycles. The zero-order chi connectivity index (χ0) is 20.9. The Morgan fingerprint density at radius 3 is 2.41 bits per heavy atom. The summed E-state index contributed by atoms with van der Waals surface area (Å²) in [5, 5.41) is 3.97. The number of hydrogen-bond acceptors (Lipinski definition) is 8. The van der Waals surface area contributed by atoms with Crippen LogP contribution in [-0.2, 0) is 10.0 Å². The monoisotopic (exact) mass is 420 g/mol. The van der Waals surface area contributed by atoms with Gasteiger partial charge in [0.2, 0.25) is 0 Å². The van der Waals surface area contributed by atoms with Crippen LogP contribution in [0.4, 0.5) is 0 Å². The molecule has 0 amide bonds. The summed E-state index contributed by atoms with van der Waals surface area (Å²) >= 11 is 0. The summed E-state index contributed by atoms with van der Waals surface area (Å²) < 4.78 is 40.4. The van der Waals surface area contributed by atoms with Gasteiger partial charge in [-0.1, -0.05) is 6.07 Å². The Kier molecular flexibility index (Phi) is 6.57. The highest BCUT2D eigenvalue weighted by molar-refractivity contribution is 7.89. The van der Waals surface area contributed by atoms with Crippen molar-refractivity contribution < 1.29 is 22.6 Å². The minimum absolute atomic E-state index is 0.0772. The van der Waals surface area contributed by atoms with Gasteiger partial charge in [-0.15, -0.1) is 0 Å². The molecule has 2 atom stereocenters. The molecule has 0 spiro atoms. The van der Waals surface area contributed by atoms with Crippen LogP contribution in [0, 0.1) is 5.92 Å². The SMILES string of the molecule is COc1ccc(S(=O)(=O)N/N=C\C2CNNC2c2ccc(OC)c(OC)c2)cc1. The molecule has 156 valence electrons. The van der Waals surface area contributed by atoms with Crippen LogP contribution in [-0.4, -0.2) is 42.5 Å². The van der Waals surface area contributed by atoms with Gasteiger partial charge in [-0.05, 0) is 42.0 Å². The summed E-state index contributed by atoms with van der Waals surface area (Å²) in [6, 6.07) is 11.6. The van der Waals surface area contributed by atoms with Crippen LogP contribution in [0.3, 0.4) is 0 Å².